The van der Waals surface area contributed by atoms with Gasteiger partial charge in [0.25, 0.3) is 11.8 Å². The molecule has 0 aromatic heterocycles. The Morgan fingerprint density at radius 3 is 2.48 bits per heavy atom. The summed E-state index contributed by atoms with van der Waals surface area (Å²) in [4.78, 5) is 26.5. The quantitative estimate of drug-likeness (QED) is 0.522. The van der Waals surface area contributed by atoms with Crippen molar-refractivity contribution in [3.05, 3.63) is 65.7 Å². The van der Waals surface area contributed by atoms with E-state index in [0.29, 0.717) is 23.6 Å². The van der Waals surface area contributed by atoms with Crippen molar-refractivity contribution in [3.8, 4) is 5.75 Å². The number of benzene rings is 2. The average molecular weight is 352 g/mol. The topological polar surface area (TPSA) is 58.6 Å². The van der Waals surface area contributed by atoms with Crippen LogP contribution in [0.3, 0.4) is 0 Å². The van der Waals surface area contributed by atoms with Gasteiger partial charge in [0.2, 0.25) is 0 Å². The Labute approximate surface area is 150 Å². The van der Waals surface area contributed by atoms with E-state index in [4.69, 9.17) is 17.0 Å². The Hall–Kier alpha value is -2.99. The van der Waals surface area contributed by atoms with E-state index in [1.165, 1.54) is 11.0 Å². The van der Waals surface area contributed by atoms with E-state index in [1.807, 2.05) is 25.1 Å². The number of carbonyl (C=O) groups excluding carboxylic acids is 2. The van der Waals surface area contributed by atoms with E-state index >= 15 is 0 Å². The number of rotatable bonds is 4. The van der Waals surface area contributed by atoms with Gasteiger partial charge in [0.15, 0.2) is 5.11 Å². The molecule has 6 heteroatoms. The Balaban J connectivity index is 2.02. The van der Waals surface area contributed by atoms with Gasteiger partial charge in [0, 0.05) is 5.56 Å². The number of nitrogens with one attached hydrogen (secondary N) is 1. The maximum absolute atomic E-state index is 12.9. The summed E-state index contributed by atoms with van der Waals surface area (Å²) in [5.74, 6) is -0.378. The summed E-state index contributed by atoms with van der Waals surface area (Å²) in [7, 11) is 0. The van der Waals surface area contributed by atoms with Gasteiger partial charge in [-0.05, 0) is 43.4 Å². The van der Waals surface area contributed by atoms with Crippen molar-refractivity contribution in [3.63, 3.8) is 0 Å². The number of anilines is 1. The maximum Gasteiger partial charge on any atom is 0.270 e. The standard InChI is InChI=1S/C19H16N2O3S/c1-2-24-16-11-7-6-8-13(16)12-15-17(22)20-19(25)21(18(15)23)14-9-4-3-5-10-14/h3-12H,2H2,1H3,(H,20,22,25)/b15-12-. The van der Waals surface area contributed by atoms with E-state index in [-0.39, 0.29) is 10.7 Å². The minimum absolute atomic E-state index is 0.00426. The van der Waals surface area contributed by atoms with E-state index in [2.05, 4.69) is 5.32 Å². The maximum atomic E-state index is 12.9. The minimum Gasteiger partial charge on any atom is -0.493 e. The summed E-state index contributed by atoms with van der Waals surface area (Å²) < 4.78 is 5.55. The second kappa shape index (κ2) is 7.27. The molecule has 1 saturated heterocycles. The normalized spacial score (nSPS) is 16.1. The number of thiocarbonyl (C=S) groups is 1. The molecule has 0 spiro atoms. The monoisotopic (exact) mass is 352 g/mol. The highest BCUT2D eigenvalue weighted by molar-refractivity contribution is 7.80. The van der Waals surface area contributed by atoms with Crippen LogP contribution in [0.5, 0.6) is 5.75 Å². The fraction of sp³-hybridized carbons (Fsp3) is 0.105. The summed E-state index contributed by atoms with van der Waals surface area (Å²) in [6.45, 7) is 2.36. The van der Waals surface area contributed by atoms with Gasteiger partial charge in [-0.15, -0.1) is 0 Å². The van der Waals surface area contributed by atoms with E-state index in [0.717, 1.165) is 0 Å². The van der Waals surface area contributed by atoms with E-state index in [1.54, 1.807) is 36.4 Å². The molecule has 1 aliphatic rings. The molecule has 0 aliphatic carbocycles. The Morgan fingerprint density at radius 1 is 1.08 bits per heavy atom. The van der Waals surface area contributed by atoms with Crippen LogP contribution in [0, 0.1) is 0 Å². The molecular formula is C19H16N2O3S. The highest BCUT2D eigenvalue weighted by Gasteiger charge is 2.34. The second-order valence-electron chi connectivity index (χ2n) is 5.26. The predicted octanol–water partition coefficient (Wildman–Crippen LogP) is 2.92. The smallest absolute Gasteiger partial charge is 0.270 e. The van der Waals surface area contributed by atoms with Crippen molar-refractivity contribution in [2.24, 2.45) is 0 Å². The lowest BCUT2D eigenvalue weighted by Gasteiger charge is -2.28. The van der Waals surface area contributed by atoms with Gasteiger partial charge < -0.3 is 4.74 Å². The molecule has 1 fully saturated rings. The van der Waals surface area contributed by atoms with Gasteiger partial charge in [-0.25, -0.2) is 0 Å². The SMILES string of the molecule is CCOc1ccccc1/C=C1/C(=O)NC(=S)N(c2ccccc2)C1=O. The van der Waals surface area contributed by atoms with Crippen LogP contribution < -0.4 is 15.0 Å². The molecule has 0 saturated carbocycles. The van der Waals surface area contributed by atoms with Crippen LogP contribution in [0.15, 0.2) is 60.2 Å². The lowest BCUT2D eigenvalue weighted by atomic mass is 10.1. The molecule has 1 aliphatic heterocycles. The average Bonchev–Trinajstić information content (AvgIpc) is 2.61. The minimum atomic E-state index is -0.520. The largest absolute Gasteiger partial charge is 0.493 e. The predicted molar refractivity (Wildman–Crippen MR) is 100 cm³/mol. The van der Waals surface area contributed by atoms with Crippen molar-refractivity contribution >= 4 is 40.9 Å². The summed E-state index contributed by atoms with van der Waals surface area (Å²) in [5.41, 5.74) is 1.26. The Kier molecular flexibility index (Phi) is 4.90. The zero-order valence-electron chi connectivity index (χ0n) is 13.6. The van der Waals surface area contributed by atoms with Crippen molar-refractivity contribution < 1.29 is 14.3 Å². The Morgan fingerprint density at radius 2 is 1.76 bits per heavy atom. The first-order valence-electron chi connectivity index (χ1n) is 7.80. The third-order valence-corrected chi connectivity index (χ3v) is 3.92. The number of para-hydroxylation sites is 2. The van der Waals surface area contributed by atoms with Crippen molar-refractivity contribution in [2.45, 2.75) is 6.92 Å². The van der Waals surface area contributed by atoms with Gasteiger partial charge in [0.1, 0.15) is 11.3 Å². The van der Waals surface area contributed by atoms with Gasteiger partial charge in [0.05, 0.1) is 12.3 Å². The molecule has 0 bridgehead atoms. The second-order valence-corrected chi connectivity index (χ2v) is 5.65. The molecule has 2 aromatic rings. The fourth-order valence-electron chi connectivity index (χ4n) is 2.51. The molecular weight excluding hydrogens is 336 g/mol. The van der Waals surface area contributed by atoms with Gasteiger partial charge in [-0.3, -0.25) is 19.8 Å². The van der Waals surface area contributed by atoms with Crippen LogP contribution in [0.1, 0.15) is 12.5 Å². The van der Waals surface area contributed by atoms with Crippen LogP contribution >= 0.6 is 12.2 Å². The highest BCUT2D eigenvalue weighted by Crippen LogP contribution is 2.25. The number of ether oxygens (including phenoxy) is 1. The first-order chi connectivity index (χ1) is 12.1. The molecule has 0 radical (unpaired) electrons. The van der Waals surface area contributed by atoms with Crippen LogP contribution in [-0.4, -0.2) is 23.5 Å². The molecule has 2 aromatic carbocycles. The third kappa shape index (κ3) is 3.44. The lowest BCUT2D eigenvalue weighted by Crippen LogP contribution is -2.54. The molecule has 1 N–H and O–H groups in total. The molecule has 25 heavy (non-hydrogen) atoms. The molecule has 3 rings (SSSR count). The third-order valence-electron chi connectivity index (χ3n) is 3.63. The zero-order chi connectivity index (χ0) is 17.8. The first kappa shape index (κ1) is 16.9. The molecule has 126 valence electrons. The number of amides is 2. The number of hydrogen-bond donors (Lipinski definition) is 1. The molecule has 2 amide bonds. The zero-order valence-corrected chi connectivity index (χ0v) is 14.4. The van der Waals surface area contributed by atoms with Gasteiger partial charge in [-0.2, -0.15) is 0 Å². The first-order valence-corrected chi connectivity index (χ1v) is 8.21. The molecule has 0 unspecified atom stereocenters. The van der Waals surface area contributed by atoms with Crippen LogP contribution in [0.25, 0.3) is 6.08 Å². The molecule has 1 heterocycles. The summed E-state index contributed by atoms with van der Waals surface area (Å²) in [6, 6.07) is 16.2. The van der Waals surface area contributed by atoms with Gasteiger partial charge >= 0.3 is 0 Å². The number of hydrogen-bond acceptors (Lipinski definition) is 4. The van der Waals surface area contributed by atoms with Gasteiger partial charge in [-0.1, -0.05) is 36.4 Å². The van der Waals surface area contributed by atoms with E-state index in [9.17, 15) is 9.59 Å². The lowest BCUT2D eigenvalue weighted by molar-refractivity contribution is -0.122. The molecule has 0 atom stereocenters. The molecule has 5 nitrogen and oxygen atoms in total. The Bertz CT molecular complexity index is 862. The summed E-state index contributed by atoms with van der Waals surface area (Å²) >= 11 is 5.17. The van der Waals surface area contributed by atoms with Crippen molar-refractivity contribution in [1.82, 2.24) is 5.32 Å². The number of carbonyl (C=O) groups is 2. The van der Waals surface area contributed by atoms with Crippen molar-refractivity contribution in [1.29, 1.82) is 0 Å². The highest BCUT2D eigenvalue weighted by atomic mass is 32.1. The van der Waals surface area contributed by atoms with Crippen LogP contribution in [0.4, 0.5) is 5.69 Å². The summed E-state index contributed by atoms with van der Waals surface area (Å²) in [6.07, 6.45) is 1.53. The van der Waals surface area contributed by atoms with E-state index < -0.39 is 11.8 Å². The van der Waals surface area contributed by atoms with Crippen LogP contribution in [0.2, 0.25) is 0 Å². The fourth-order valence-corrected chi connectivity index (χ4v) is 2.79. The van der Waals surface area contributed by atoms with Crippen molar-refractivity contribution in [2.75, 3.05) is 11.5 Å². The number of nitrogens with zero attached hydrogens (tertiary/aromatic N) is 1. The summed E-state index contributed by atoms with van der Waals surface area (Å²) in [5, 5.41) is 2.63. The van der Waals surface area contributed by atoms with Crippen LogP contribution in [-0.2, 0) is 9.59 Å².